The number of halogens is 1. The van der Waals surface area contributed by atoms with E-state index < -0.39 is 0 Å². The molecular weight excluding hydrogens is 356 g/mol. The minimum Gasteiger partial charge on any atom is -0.496 e. The van der Waals surface area contributed by atoms with Crippen molar-refractivity contribution in [2.75, 3.05) is 7.11 Å². The molecule has 0 N–H and O–H groups in total. The fourth-order valence-electron chi connectivity index (χ4n) is 2.36. The summed E-state index contributed by atoms with van der Waals surface area (Å²) in [5, 5.41) is 4.47. The first-order chi connectivity index (χ1) is 12.7. The molecule has 0 unspecified atom stereocenters. The molecule has 1 aromatic heterocycles. The molecule has 6 nitrogen and oxygen atoms in total. The van der Waals surface area contributed by atoms with Crippen LogP contribution in [0.2, 0.25) is 5.02 Å². The van der Waals surface area contributed by atoms with Gasteiger partial charge in [-0.15, -0.1) is 0 Å². The summed E-state index contributed by atoms with van der Waals surface area (Å²) >= 11 is 5.96. The number of nitrogens with zero attached hydrogens (tertiary/aromatic N) is 2. The van der Waals surface area contributed by atoms with Crippen molar-refractivity contribution in [2.24, 2.45) is 0 Å². The lowest BCUT2D eigenvalue weighted by atomic mass is 10.2. The van der Waals surface area contributed by atoms with Crippen LogP contribution in [0.25, 0.3) is 11.4 Å². The Labute approximate surface area is 155 Å². The molecule has 3 rings (SSSR count). The summed E-state index contributed by atoms with van der Waals surface area (Å²) in [5.41, 5.74) is 1.57. The number of ether oxygens (including phenoxy) is 2. The maximum Gasteiger partial charge on any atom is 0.306 e. The first-order valence-electron chi connectivity index (χ1n) is 8.02. The van der Waals surface area contributed by atoms with E-state index in [1.807, 2.05) is 30.3 Å². The summed E-state index contributed by atoms with van der Waals surface area (Å²) in [7, 11) is 1.55. The highest BCUT2D eigenvalue weighted by Gasteiger charge is 2.12. The Hall–Kier alpha value is -2.86. The largest absolute Gasteiger partial charge is 0.496 e. The minimum absolute atomic E-state index is 0.0850. The van der Waals surface area contributed by atoms with Crippen molar-refractivity contribution >= 4 is 17.6 Å². The zero-order valence-corrected chi connectivity index (χ0v) is 14.9. The second-order valence-corrected chi connectivity index (χ2v) is 5.93. The number of methoxy groups -OCH3 is 1. The molecule has 0 saturated carbocycles. The molecule has 0 aliphatic carbocycles. The maximum absolute atomic E-state index is 12.0. The number of carbonyl (C=O) groups is 1. The third-order valence-corrected chi connectivity index (χ3v) is 3.91. The molecule has 2 aromatic carbocycles. The average molecular weight is 373 g/mol. The van der Waals surface area contributed by atoms with Crippen LogP contribution < -0.4 is 4.74 Å². The van der Waals surface area contributed by atoms with Crippen molar-refractivity contribution in [3.8, 4) is 17.1 Å². The van der Waals surface area contributed by atoms with E-state index in [2.05, 4.69) is 10.1 Å². The molecule has 26 heavy (non-hydrogen) atoms. The van der Waals surface area contributed by atoms with Crippen LogP contribution in [-0.4, -0.2) is 23.2 Å². The summed E-state index contributed by atoms with van der Waals surface area (Å²) in [6.07, 6.45) is 0.449. The molecule has 1 heterocycles. The van der Waals surface area contributed by atoms with Gasteiger partial charge in [-0.25, -0.2) is 0 Å². The summed E-state index contributed by atoms with van der Waals surface area (Å²) in [5.74, 6) is 1.14. The van der Waals surface area contributed by atoms with Crippen molar-refractivity contribution in [1.29, 1.82) is 0 Å². The van der Waals surface area contributed by atoms with Crippen LogP contribution in [-0.2, 0) is 22.6 Å². The van der Waals surface area contributed by atoms with Crippen LogP contribution >= 0.6 is 11.6 Å². The zero-order chi connectivity index (χ0) is 18.4. The van der Waals surface area contributed by atoms with E-state index in [9.17, 15) is 4.79 Å². The molecule has 0 spiro atoms. The van der Waals surface area contributed by atoms with E-state index in [1.54, 1.807) is 25.3 Å². The Balaban J connectivity index is 1.52. The highest BCUT2D eigenvalue weighted by atomic mass is 35.5. The van der Waals surface area contributed by atoms with Crippen LogP contribution in [0, 0.1) is 0 Å². The third kappa shape index (κ3) is 4.61. The Morgan fingerprint density at radius 2 is 2.00 bits per heavy atom. The predicted molar refractivity (Wildman–Crippen MR) is 95.9 cm³/mol. The number of hydrogen-bond acceptors (Lipinski definition) is 6. The lowest BCUT2D eigenvalue weighted by Gasteiger charge is -2.09. The number of esters is 1. The lowest BCUT2D eigenvalue weighted by molar-refractivity contribution is -0.145. The Morgan fingerprint density at radius 1 is 1.19 bits per heavy atom. The lowest BCUT2D eigenvalue weighted by Crippen LogP contribution is -2.07. The quantitative estimate of drug-likeness (QED) is 0.582. The van der Waals surface area contributed by atoms with Gasteiger partial charge in [0, 0.05) is 22.6 Å². The Bertz CT molecular complexity index is 880. The van der Waals surface area contributed by atoms with Crippen molar-refractivity contribution < 1.29 is 18.8 Å². The summed E-state index contributed by atoms with van der Waals surface area (Å²) in [4.78, 5) is 16.3. The van der Waals surface area contributed by atoms with E-state index >= 15 is 0 Å². The molecule has 0 radical (unpaired) electrons. The van der Waals surface area contributed by atoms with Gasteiger partial charge in [0.1, 0.15) is 12.4 Å². The van der Waals surface area contributed by atoms with Gasteiger partial charge in [-0.2, -0.15) is 4.98 Å². The molecular formula is C19H17ClN2O4. The summed E-state index contributed by atoms with van der Waals surface area (Å²) in [6, 6.07) is 14.6. The van der Waals surface area contributed by atoms with Gasteiger partial charge in [0.2, 0.25) is 11.7 Å². The smallest absolute Gasteiger partial charge is 0.306 e. The van der Waals surface area contributed by atoms with Gasteiger partial charge in [-0.05, 0) is 18.2 Å². The van der Waals surface area contributed by atoms with Gasteiger partial charge < -0.3 is 14.0 Å². The van der Waals surface area contributed by atoms with Gasteiger partial charge in [-0.3, -0.25) is 4.79 Å². The van der Waals surface area contributed by atoms with Gasteiger partial charge in [0.05, 0.1) is 13.5 Å². The minimum atomic E-state index is -0.369. The molecule has 0 aliphatic heterocycles. The second kappa shape index (κ2) is 8.49. The van der Waals surface area contributed by atoms with Crippen LogP contribution in [0.15, 0.2) is 53.1 Å². The molecule has 134 valence electrons. The standard InChI is InChI=1S/C19H17ClN2O4/c1-24-16-8-7-15(20)11-14(16)12-25-18(23)10-9-17-21-19(22-26-17)13-5-3-2-4-6-13/h2-8,11H,9-10,12H2,1H3. The molecule has 0 atom stereocenters. The molecule has 0 saturated heterocycles. The molecule has 0 bridgehead atoms. The number of carbonyl (C=O) groups excluding carboxylic acids is 1. The van der Waals surface area contributed by atoms with Gasteiger partial charge in [-0.1, -0.05) is 47.1 Å². The number of aromatic nitrogens is 2. The molecule has 3 aromatic rings. The molecule has 7 heteroatoms. The fraction of sp³-hybridized carbons (Fsp3) is 0.211. The highest BCUT2D eigenvalue weighted by molar-refractivity contribution is 6.30. The van der Waals surface area contributed by atoms with Gasteiger partial charge in [0.15, 0.2) is 0 Å². The van der Waals surface area contributed by atoms with E-state index in [-0.39, 0.29) is 19.0 Å². The summed E-state index contributed by atoms with van der Waals surface area (Å²) < 4.78 is 15.7. The zero-order valence-electron chi connectivity index (χ0n) is 14.1. The number of rotatable bonds is 7. The Morgan fingerprint density at radius 3 is 2.77 bits per heavy atom. The first kappa shape index (κ1) is 17.9. The van der Waals surface area contributed by atoms with Crippen LogP contribution in [0.1, 0.15) is 17.9 Å². The molecule has 0 aliphatic rings. The monoisotopic (exact) mass is 372 g/mol. The summed E-state index contributed by atoms with van der Waals surface area (Å²) in [6.45, 7) is 0.0850. The van der Waals surface area contributed by atoms with Crippen molar-refractivity contribution in [2.45, 2.75) is 19.4 Å². The maximum atomic E-state index is 12.0. The number of benzene rings is 2. The van der Waals surface area contributed by atoms with E-state index in [1.165, 1.54) is 0 Å². The predicted octanol–water partition coefficient (Wildman–Crippen LogP) is 4.07. The van der Waals surface area contributed by atoms with Gasteiger partial charge >= 0.3 is 5.97 Å². The van der Waals surface area contributed by atoms with E-state index in [0.717, 1.165) is 5.56 Å². The van der Waals surface area contributed by atoms with Crippen LogP contribution in [0.3, 0.4) is 0 Å². The highest BCUT2D eigenvalue weighted by Crippen LogP contribution is 2.23. The van der Waals surface area contributed by atoms with Crippen molar-refractivity contribution in [3.05, 3.63) is 65.0 Å². The second-order valence-electron chi connectivity index (χ2n) is 5.49. The third-order valence-electron chi connectivity index (χ3n) is 3.67. The van der Waals surface area contributed by atoms with Crippen molar-refractivity contribution in [1.82, 2.24) is 10.1 Å². The van der Waals surface area contributed by atoms with Crippen LogP contribution in [0.4, 0.5) is 0 Å². The molecule has 0 amide bonds. The average Bonchev–Trinajstić information content (AvgIpc) is 3.14. The first-order valence-corrected chi connectivity index (χ1v) is 8.39. The Kier molecular flexibility index (Phi) is 5.86. The fourth-order valence-corrected chi connectivity index (χ4v) is 2.55. The van der Waals surface area contributed by atoms with Gasteiger partial charge in [0.25, 0.3) is 0 Å². The number of hydrogen-bond donors (Lipinski definition) is 0. The topological polar surface area (TPSA) is 74.5 Å². The molecule has 0 fully saturated rings. The van der Waals surface area contributed by atoms with E-state index in [0.29, 0.717) is 34.5 Å². The van der Waals surface area contributed by atoms with Crippen LogP contribution in [0.5, 0.6) is 5.75 Å². The normalized spacial score (nSPS) is 10.5. The SMILES string of the molecule is COc1ccc(Cl)cc1COC(=O)CCc1nc(-c2ccccc2)no1. The number of aryl methyl sites for hydroxylation is 1. The van der Waals surface area contributed by atoms with Crippen molar-refractivity contribution in [3.63, 3.8) is 0 Å². The van der Waals surface area contributed by atoms with E-state index in [4.69, 9.17) is 25.6 Å².